The van der Waals surface area contributed by atoms with Gasteiger partial charge in [0.2, 0.25) is 0 Å². The second-order valence-corrected chi connectivity index (χ2v) is 3.27. The number of rotatable bonds is 9. The summed E-state index contributed by atoms with van der Waals surface area (Å²) in [5.74, 6) is -0.690. The zero-order chi connectivity index (χ0) is 10.6. The molecule has 0 aliphatic rings. The van der Waals surface area contributed by atoms with Crippen molar-refractivity contribution in [1.29, 1.82) is 0 Å². The molecule has 0 aromatic carbocycles. The number of hydrogen-bond donors (Lipinski definition) is 1. The van der Waals surface area contributed by atoms with E-state index < -0.39 is 5.97 Å². The minimum absolute atomic E-state index is 0.305. The molecular weight excluding hydrogens is 180 g/mol. The van der Waals surface area contributed by atoms with Gasteiger partial charge in [0.25, 0.3) is 0 Å². The van der Waals surface area contributed by atoms with Crippen LogP contribution in [0.25, 0.3) is 0 Å². The van der Waals surface area contributed by atoms with Crippen LogP contribution in [0.4, 0.5) is 0 Å². The highest BCUT2D eigenvalue weighted by atomic mass is 16.5. The summed E-state index contributed by atoms with van der Waals surface area (Å²) in [6.45, 7) is 0.680. The van der Waals surface area contributed by atoms with Gasteiger partial charge in [0, 0.05) is 13.5 Å². The first-order chi connectivity index (χ1) is 6.77. The van der Waals surface area contributed by atoms with E-state index in [1.54, 1.807) is 7.11 Å². The highest BCUT2D eigenvalue weighted by molar-refractivity contribution is 5.66. The summed E-state index contributed by atoms with van der Waals surface area (Å²) in [4.78, 5) is 10.2. The van der Waals surface area contributed by atoms with Crippen LogP contribution in [-0.4, -0.2) is 24.8 Å². The van der Waals surface area contributed by atoms with E-state index in [1.807, 2.05) is 6.08 Å². The maximum Gasteiger partial charge on any atom is 0.303 e. The van der Waals surface area contributed by atoms with Gasteiger partial charge in [-0.05, 0) is 19.3 Å². The van der Waals surface area contributed by atoms with Gasteiger partial charge in [-0.15, -0.1) is 0 Å². The normalized spacial score (nSPS) is 10.9. The van der Waals surface area contributed by atoms with Gasteiger partial charge in [-0.1, -0.05) is 25.0 Å². The molecule has 0 spiro atoms. The van der Waals surface area contributed by atoms with Crippen LogP contribution in [0.3, 0.4) is 0 Å². The molecule has 1 N–H and O–H groups in total. The van der Waals surface area contributed by atoms with Gasteiger partial charge in [0.15, 0.2) is 0 Å². The molecule has 0 saturated heterocycles. The quantitative estimate of drug-likeness (QED) is 0.459. The fourth-order valence-corrected chi connectivity index (χ4v) is 1.17. The van der Waals surface area contributed by atoms with E-state index in [0.717, 1.165) is 32.1 Å². The largest absolute Gasteiger partial charge is 0.481 e. The molecule has 0 atom stereocenters. The smallest absolute Gasteiger partial charge is 0.303 e. The van der Waals surface area contributed by atoms with E-state index >= 15 is 0 Å². The maximum atomic E-state index is 10.2. The monoisotopic (exact) mass is 200 g/mol. The van der Waals surface area contributed by atoms with Crippen molar-refractivity contribution in [3.63, 3.8) is 0 Å². The Kier molecular flexibility index (Phi) is 9.64. The van der Waals surface area contributed by atoms with Gasteiger partial charge in [0.1, 0.15) is 0 Å². The first-order valence-corrected chi connectivity index (χ1v) is 5.13. The van der Waals surface area contributed by atoms with Crippen molar-refractivity contribution in [3.05, 3.63) is 12.2 Å². The number of unbranched alkanes of at least 4 members (excludes halogenated alkanes) is 4. The van der Waals surface area contributed by atoms with Crippen LogP contribution in [-0.2, 0) is 9.53 Å². The van der Waals surface area contributed by atoms with Crippen LogP contribution >= 0.6 is 0 Å². The van der Waals surface area contributed by atoms with Crippen LogP contribution in [0.2, 0.25) is 0 Å². The van der Waals surface area contributed by atoms with Gasteiger partial charge < -0.3 is 9.84 Å². The molecule has 0 rings (SSSR count). The summed E-state index contributed by atoms with van der Waals surface area (Å²) >= 11 is 0. The minimum Gasteiger partial charge on any atom is -0.481 e. The number of ether oxygens (including phenoxy) is 1. The number of methoxy groups -OCH3 is 1. The van der Waals surface area contributed by atoms with E-state index in [-0.39, 0.29) is 0 Å². The molecule has 14 heavy (non-hydrogen) atoms. The third kappa shape index (κ3) is 11.2. The molecule has 0 fully saturated rings. The Labute approximate surface area is 85.8 Å². The molecule has 0 bridgehead atoms. The number of allylic oxidation sites excluding steroid dienone is 1. The number of aliphatic carboxylic acids is 1. The van der Waals surface area contributed by atoms with E-state index in [1.165, 1.54) is 0 Å². The summed E-state index contributed by atoms with van der Waals surface area (Å²) in [5, 5.41) is 8.39. The van der Waals surface area contributed by atoms with Gasteiger partial charge in [-0.25, -0.2) is 0 Å². The third-order valence-corrected chi connectivity index (χ3v) is 1.94. The molecule has 0 aliphatic carbocycles. The van der Waals surface area contributed by atoms with Gasteiger partial charge in [-0.2, -0.15) is 0 Å². The first kappa shape index (κ1) is 13.2. The fourth-order valence-electron chi connectivity index (χ4n) is 1.17. The van der Waals surface area contributed by atoms with Crippen LogP contribution in [0.1, 0.15) is 38.5 Å². The molecule has 0 aliphatic heterocycles. The third-order valence-electron chi connectivity index (χ3n) is 1.94. The Bertz CT molecular complexity index is 164. The van der Waals surface area contributed by atoms with Gasteiger partial charge in [0.05, 0.1) is 6.61 Å². The lowest BCUT2D eigenvalue weighted by molar-refractivity contribution is -0.137. The summed E-state index contributed by atoms with van der Waals surface area (Å²) in [7, 11) is 1.68. The molecule has 0 heterocycles. The van der Waals surface area contributed by atoms with Crippen LogP contribution < -0.4 is 0 Å². The Balaban J connectivity index is 3.02. The van der Waals surface area contributed by atoms with Crippen molar-refractivity contribution < 1.29 is 14.6 Å². The zero-order valence-electron chi connectivity index (χ0n) is 8.87. The SMILES string of the molecule is COCC=CCCCCCCC(=O)O. The molecule has 0 amide bonds. The molecular formula is C11H20O3. The molecule has 0 unspecified atom stereocenters. The first-order valence-electron chi connectivity index (χ1n) is 5.13. The summed E-state index contributed by atoms with van der Waals surface area (Å²) in [5.41, 5.74) is 0. The van der Waals surface area contributed by atoms with E-state index in [2.05, 4.69) is 6.08 Å². The van der Waals surface area contributed by atoms with Crippen molar-refractivity contribution in [2.75, 3.05) is 13.7 Å². The summed E-state index contributed by atoms with van der Waals surface area (Å²) in [6.07, 6.45) is 9.57. The molecule has 0 saturated carbocycles. The fraction of sp³-hybridized carbons (Fsp3) is 0.727. The number of carbonyl (C=O) groups is 1. The molecule has 3 nitrogen and oxygen atoms in total. The number of carboxylic acids is 1. The van der Waals surface area contributed by atoms with Crippen molar-refractivity contribution in [1.82, 2.24) is 0 Å². The van der Waals surface area contributed by atoms with Gasteiger partial charge >= 0.3 is 5.97 Å². The topological polar surface area (TPSA) is 46.5 Å². The average molecular weight is 200 g/mol. The maximum absolute atomic E-state index is 10.2. The molecule has 0 radical (unpaired) electrons. The Morgan fingerprint density at radius 3 is 2.57 bits per heavy atom. The number of carboxylic acid groups (broad SMARTS) is 1. The van der Waals surface area contributed by atoms with Crippen molar-refractivity contribution in [2.45, 2.75) is 38.5 Å². The van der Waals surface area contributed by atoms with Crippen LogP contribution in [0, 0.1) is 0 Å². The highest BCUT2D eigenvalue weighted by Crippen LogP contribution is 2.05. The Morgan fingerprint density at radius 1 is 1.21 bits per heavy atom. The highest BCUT2D eigenvalue weighted by Gasteiger charge is 1.95. The second kappa shape index (κ2) is 10.3. The predicted octanol–water partition coefficient (Wildman–Crippen LogP) is 2.61. The predicted molar refractivity (Wildman–Crippen MR) is 56.4 cm³/mol. The van der Waals surface area contributed by atoms with Crippen LogP contribution in [0.5, 0.6) is 0 Å². The van der Waals surface area contributed by atoms with Crippen LogP contribution in [0.15, 0.2) is 12.2 Å². The number of hydrogen-bond acceptors (Lipinski definition) is 2. The molecule has 82 valence electrons. The van der Waals surface area contributed by atoms with Gasteiger partial charge in [-0.3, -0.25) is 4.79 Å². The second-order valence-electron chi connectivity index (χ2n) is 3.27. The lowest BCUT2D eigenvalue weighted by Gasteiger charge is -1.96. The Morgan fingerprint density at radius 2 is 1.93 bits per heavy atom. The Hall–Kier alpha value is -0.830. The molecule has 3 heteroatoms. The van der Waals surface area contributed by atoms with E-state index in [4.69, 9.17) is 9.84 Å². The van der Waals surface area contributed by atoms with E-state index in [0.29, 0.717) is 13.0 Å². The minimum atomic E-state index is -0.690. The summed E-state index contributed by atoms with van der Waals surface area (Å²) < 4.78 is 4.86. The lowest BCUT2D eigenvalue weighted by atomic mass is 10.1. The lowest BCUT2D eigenvalue weighted by Crippen LogP contribution is -1.93. The van der Waals surface area contributed by atoms with Crippen molar-refractivity contribution in [2.24, 2.45) is 0 Å². The average Bonchev–Trinajstić information content (AvgIpc) is 2.15. The standard InChI is InChI=1S/C11H20O3/c1-14-10-8-6-4-2-3-5-7-9-11(12)13/h6,8H,2-5,7,9-10H2,1H3,(H,12,13). The molecule has 0 aromatic rings. The van der Waals surface area contributed by atoms with Crippen molar-refractivity contribution >= 4 is 5.97 Å². The zero-order valence-corrected chi connectivity index (χ0v) is 8.87. The van der Waals surface area contributed by atoms with Crippen molar-refractivity contribution in [3.8, 4) is 0 Å². The summed E-state index contributed by atoms with van der Waals surface area (Å²) in [6, 6.07) is 0. The van der Waals surface area contributed by atoms with E-state index in [9.17, 15) is 4.79 Å². The molecule has 0 aromatic heterocycles.